The molecule has 0 bridgehead atoms. The van der Waals surface area contributed by atoms with Gasteiger partial charge in [-0.05, 0) is 25.7 Å². The Bertz CT molecular complexity index is 467. The Kier molecular flexibility index (Phi) is 9.72. The topological polar surface area (TPSA) is 57.2 Å². The molecule has 1 amide bonds. The van der Waals surface area contributed by atoms with Gasteiger partial charge in [0, 0.05) is 56.0 Å². The van der Waals surface area contributed by atoms with Crippen molar-refractivity contribution in [3.05, 3.63) is 29.3 Å². The fourth-order valence-corrected chi connectivity index (χ4v) is 2.94. The van der Waals surface area contributed by atoms with Crippen LogP contribution < -0.4 is 0 Å². The van der Waals surface area contributed by atoms with Crippen molar-refractivity contribution in [3.63, 3.8) is 0 Å². The molecule has 0 aromatic carbocycles. The van der Waals surface area contributed by atoms with Gasteiger partial charge in [0.1, 0.15) is 5.76 Å². The van der Waals surface area contributed by atoms with Crippen LogP contribution in [0.25, 0.3) is 5.32 Å². The number of nitrogens with zero attached hydrogens (tertiary/aromatic N) is 2. The summed E-state index contributed by atoms with van der Waals surface area (Å²) in [5.41, 5.74) is 2.04. The zero-order valence-electron chi connectivity index (χ0n) is 14.7. The van der Waals surface area contributed by atoms with E-state index in [4.69, 9.17) is 4.52 Å². The number of amides is 1. The molecule has 0 N–H and O–H groups in total. The van der Waals surface area contributed by atoms with Crippen molar-refractivity contribution in [2.45, 2.75) is 59.3 Å². The zero-order valence-corrected chi connectivity index (χ0v) is 17.6. The van der Waals surface area contributed by atoms with E-state index in [1.807, 2.05) is 13.8 Å². The number of hydrogen-bond donors (Lipinski definition) is 0. The van der Waals surface area contributed by atoms with Crippen LogP contribution in [-0.4, -0.2) is 18.1 Å². The number of carbonyl (C=O) groups is 1. The van der Waals surface area contributed by atoms with Crippen LogP contribution in [0.4, 0.5) is 0 Å². The average molecular weight is 381 g/mol. The predicted molar refractivity (Wildman–Crippen MR) is 85.3 cm³/mol. The minimum Gasteiger partial charge on any atom is -0.656 e. The van der Waals surface area contributed by atoms with Crippen LogP contribution in [0.2, 0.25) is 0 Å². The third-order valence-electron chi connectivity index (χ3n) is 4.53. The van der Waals surface area contributed by atoms with Gasteiger partial charge >= 0.3 is 0 Å². The Morgan fingerprint density at radius 3 is 2.36 bits per heavy atom. The molecule has 1 radical (unpaired) electrons. The molecule has 1 fully saturated rings. The van der Waals surface area contributed by atoms with Crippen LogP contribution in [0.3, 0.4) is 0 Å². The largest absolute Gasteiger partial charge is 0.656 e. The molecule has 2 rings (SSSR count). The molecule has 0 saturated heterocycles. The van der Waals surface area contributed by atoms with Crippen LogP contribution in [0.5, 0.6) is 0 Å². The SMILES string of the molecule is C[N-]C(=O)C(C)C(C)c1noc(C2CC(C)C2)c1C.[CH2-]C.[Y]. The molecular formula is C17H28N2O2Y-2. The maximum absolute atomic E-state index is 11.7. The van der Waals surface area contributed by atoms with E-state index in [9.17, 15) is 4.79 Å². The van der Waals surface area contributed by atoms with E-state index in [1.165, 1.54) is 12.8 Å². The summed E-state index contributed by atoms with van der Waals surface area (Å²) in [5.74, 6) is 2.15. The van der Waals surface area contributed by atoms with Crippen molar-refractivity contribution in [3.8, 4) is 0 Å². The second kappa shape index (κ2) is 9.82. The quantitative estimate of drug-likeness (QED) is 0.716. The van der Waals surface area contributed by atoms with Crippen molar-refractivity contribution in [2.75, 3.05) is 7.05 Å². The van der Waals surface area contributed by atoms with E-state index >= 15 is 0 Å². The zero-order chi connectivity index (χ0) is 16.2. The summed E-state index contributed by atoms with van der Waals surface area (Å²) in [5, 5.41) is 7.96. The molecule has 1 aromatic heterocycles. The van der Waals surface area contributed by atoms with Gasteiger partial charge in [0.05, 0.1) is 11.6 Å². The van der Waals surface area contributed by atoms with Gasteiger partial charge in [0.2, 0.25) is 0 Å². The molecule has 1 aliphatic rings. The molecule has 1 saturated carbocycles. The van der Waals surface area contributed by atoms with Crippen molar-refractivity contribution < 1.29 is 42.0 Å². The van der Waals surface area contributed by atoms with E-state index in [0.717, 1.165) is 22.9 Å². The van der Waals surface area contributed by atoms with Crippen LogP contribution in [0.1, 0.15) is 69.4 Å². The van der Waals surface area contributed by atoms with Crippen LogP contribution in [-0.2, 0) is 37.5 Å². The van der Waals surface area contributed by atoms with Gasteiger partial charge < -0.3 is 21.6 Å². The van der Waals surface area contributed by atoms with Gasteiger partial charge in [-0.1, -0.05) is 25.9 Å². The first kappa shape index (κ1) is 21.8. The summed E-state index contributed by atoms with van der Waals surface area (Å²) in [4.78, 5) is 11.7. The molecule has 2 unspecified atom stereocenters. The molecule has 1 heterocycles. The molecule has 0 aliphatic heterocycles. The molecule has 123 valence electrons. The van der Waals surface area contributed by atoms with Gasteiger partial charge in [-0.15, -0.1) is 7.05 Å². The van der Waals surface area contributed by atoms with Gasteiger partial charge in [-0.25, -0.2) is 0 Å². The Morgan fingerprint density at radius 2 is 1.91 bits per heavy atom. The molecule has 2 atom stereocenters. The van der Waals surface area contributed by atoms with Crippen molar-refractivity contribution in [2.24, 2.45) is 11.8 Å². The first-order valence-electron chi connectivity index (χ1n) is 7.76. The number of hydrogen-bond acceptors (Lipinski definition) is 3. The van der Waals surface area contributed by atoms with E-state index in [1.54, 1.807) is 14.0 Å². The predicted octanol–water partition coefficient (Wildman–Crippen LogP) is 4.60. The number of rotatable bonds is 4. The third-order valence-corrected chi connectivity index (χ3v) is 4.53. The van der Waals surface area contributed by atoms with Crippen LogP contribution in [0.15, 0.2) is 4.52 Å². The molecule has 5 heteroatoms. The standard InChI is InChI=1S/C15H24N2O2.C2H5.Y/c1-8-6-12(7-8)14-11(4)13(17-19-14)9(2)10(3)15(18)16-5;1-2;/h8-10,12H,6-7H2,1-5H3,(H,16,18);1H2,2H3;/q;-1;/p-1. The Balaban J connectivity index is 0.00000141. The van der Waals surface area contributed by atoms with Crippen LogP contribution >= 0.6 is 0 Å². The first-order valence-corrected chi connectivity index (χ1v) is 7.76. The van der Waals surface area contributed by atoms with Crippen molar-refractivity contribution in [1.82, 2.24) is 5.16 Å². The number of carbonyl (C=O) groups excluding carboxylic acids is 1. The first-order chi connectivity index (χ1) is 9.95. The molecule has 0 spiro atoms. The summed E-state index contributed by atoms with van der Waals surface area (Å²) in [6, 6.07) is 0. The monoisotopic (exact) mass is 381 g/mol. The van der Waals surface area contributed by atoms with Gasteiger partial charge in [0.25, 0.3) is 0 Å². The second-order valence-electron chi connectivity index (χ2n) is 5.97. The molecule has 1 aromatic rings. The van der Waals surface area contributed by atoms with E-state index in [2.05, 4.69) is 31.2 Å². The van der Waals surface area contributed by atoms with E-state index in [-0.39, 0.29) is 50.5 Å². The van der Waals surface area contributed by atoms with Gasteiger partial charge in [-0.2, -0.15) is 6.92 Å². The maximum atomic E-state index is 11.7. The normalized spacial score (nSPS) is 22.3. The van der Waals surface area contributed by atoms with Gasteiger partial charge in [-0.3, -0.25) is 0 Å². The molecule has 1 aliphatic carbocycles. The fourth-order valence-electron chi connectivity index (χ4n) is 2.94. The van der Waals surface area contributed by atoms with Crippen molar-refractivity contribution in [1.29, 1.82) is 0 Å². The average Bonchev–Trinajstić information content (AvgIpc) is 2.85. The van der Waals surface area contributed by atoms with Gasteiger partial charge in [0.15, 0.2) is 0 Å². The minimum atomic E-state index is -0.151. The summed E-state index contributed by atoms with van der Waals surface area (Å²) in [7, 11) is 1.54. The van der Waals surface area contributed by atoms with Crippen molar-refractivity contribution >= 4 is 5.91 Å². The summed E-state index contributed by atoms with van der Waals surface area (Å²) >= 11 is 0. The van der Waals surface area contributed by atoms with Crippen LogP contribution in [0, 0.1) is 25.7 Å². The summed E-state index contributed by atoms with van der Waals surface area (Å²) in [6.07, 6.45) is 2.37. The van der Waals surface area contributed by atoms with E-state index < -0.39 is 0 Å². The Labute approximate surface area is 160 Å². The molecule has 4 nitrogen and oxygen atoms in total. The molecule has 22 heavy (non-hydrogen) atoms. The Hall–Kier alpha value is -0.216. The van der Waals surface area contributed by atoms with E-state index in [0.29, 0.717) is 5.92 Å². The third kappa shape index (κ3) is 4.64. The minimum absolute atomic E-state index is 0. The molecular weight excluding hydrogens is 353 g/mol. The Morgan fingerprint density at radius 1 is 1.36 bits per heavy atom. The maximum Gasteiger partial charge on any atom is 0.143 e. The fraction of sp³-hybridized carbons (Fsp3) is 0.706. The summed E-state index contributed by atoms with van der Waals surface area (Å²) in [6.45, 7) is 13.2. The summed E-state index contributed by atoms with van der Waals surface area (Å²) < 4.78 is 5.54. The smallest absolute Gasteiger partial charge is 0.143 e. The number of aromatic nitrogens is 1. The second-order valence-corrected chi connectivity index (χ2v) is 5.97.